The summed E-state index contributed by atoms with van der Waals surface area (Å²) in [6, 6.07) is 3.06. The van der Waals surface area contributed by atoms with Crippen LogP contribution < -0.4 is 5.32 Å². The summed E-state index contributed by atoms with van der Waals surface area (Å²) in [6.07, 6.45) is 0. The van der Waals surface area contributed by atoms with Crippen molar-refractivity contribution in [2.45, 2.75) is 13.8 Å². The summed E-state index contributed by atoms with van der Waals surface area (Å²) in [5.74, 6) is -0.207. The number of urea groups is 1. The number of hydrogen-bond acceptors (Lipinski definition) is 4. The zero-order valence-corrected chi connectivity index (χ0v) is 10.2. The number of amides is 2. The van der Waals surface area contributed by atoms with Gasteiger partial charge in [-0.15, -0.1) is 0 Å². The summed E-state index contributed by atoms with van der Waals surface area (Å²) in [7, 11) is 0. The number of anilines is 1. The molecule has 18 heavy (non-hydrogen) atoms. The minimum absolute atomic E-state index is 0.0288. The van der Waals surface area contributed by atoms with E-state index in [1.165, 1.54) is 17.0 Å². The van der Waals surface area contributed by atoms with E-state index < -0.39 is 11.0 Å². The van der Waals surface area contributed by atoms with Crippen molar-refractivity contribution >= 4 is 17.4 Å². The number of phenolic OH excluding ortho intramolecular Hbond substituents is 1. The third kappa shape index (κ3) is 3.09. The van der Waals surface area contributed by atoms with Crippen molar-refractivity contribution < 1.29 is 14.8 Å². The standard InChI is InChI=1S/C11H15N3O4/c1-3-13(4-2)11(16)12-9-7-8(14(17)18)5-6-10(9)15/h5-7,15H,3-4H2,1-2H3,(H,12,16). The Morgan fingerprint density at radius 2 is 2.06 bits per heavy atom. The Morgan fingerprint density at radius 1 is 1.44 bits per heavy atom. The van der Waals surface area contributed by atoms with Gasteiger partial charge in [-0.05, 0) is 19.9 Å². The van der Waals surface area contributed by atoms with E-state index in [1.54, 1.807) is 0 Å². The van der Waals surface area contributed by atoms with Crippen LogP contribution in [0.15, 0.2) is 18.2 Å². The SMILES string of the molecule is CCN(CC)C(=O)Nc1cc([N+](=O)[O-])ccc1O. The number of benzene rings is 1. The number of nitrogens with zero attached hydrogens (tertiary/aromatic N) is 2. The quantitative estimate of drug-likeness (QED) is 0.488. The van der Waals surface area contributed by atoms with Gasteiger partial charge in [-0.25, -0.2) is 4.79 Å². The highest BCUT2D eigenvalue weighted by atomic mass is 16.6. The van der Waals surface area contributed by atoms with E-state index in [4.69, 9.17) is 0 Å². The lowest BCUT2D eigenvalue weighted by molar-refractivity contribution is -0.384. The van der Waals surface area contributed by atoms with Gasteiger partial charge in [0.25, 0.3) is 5.69 Å². The van der Waals surface area contributed by atoms with E-state index in [-0.39, 0.29) is 17.1 Å². The van der Waals surface area contributed by atoms with Gasteiger partial charge in [0.05, 0.1) is 10.6 Å². The number of aromatic hydroxyl groups is 1. The summed E-state index contributed by atoms with van der Waals surface area (Å²) in [5, 5.41) is 22.6. The summed E-state index contributed by atoms with van der Waals surface area (Å²) >= 11 is 0. The Balaban J connectivity index is 2.93. The fourth-order valence-electron chi connectivity index (χ4n) is 1.44. The van der Waals surface area contributed by atoms with Gasteiger partial charge in [0, 0.05) is 25.2 Å². The topological polar surface area (TPSA) is 95.7 Å². The second-order valence-corrected chi connectivity index (χ2v) is 3.56. The predicted octanol–water partition coefficient (Wildman–Crippen LogP) is 2.17. The molecule has 0 aliphatic carbocycles. The molecule has 0 bridgehead atoms. The molecule has 0 saturated carbocycles. The van der Waals surface area contributed by atoms with Crippen LogP contribution in [0.3, 0.4) is 0 Å². The van der Waals surface area contributed by atoms with Crippen LogP contribution in [0.1, 0.15) is 13.8 Å². The lowest BCUT2D eigenvalue weighted by atomic mass is 10.2. The van der Waals surface area contributed by atoms with Gasteiger partial charge in [-0.3, -0.25) is 10.1 Å². The van der Waals surface area contributed by atoms with Crippen LogP contribution in [0, 0.1) is 10.1 Å². The highest BCUT2D eigenvalue weighted by Gasteiger charge is 2.15. The van der Waals surface area contributed by atoms with Gasteiger partial charge in [0.1, 0.15) is 5.75 Å². The van der Waals surface area contributed by atoms with E-state index in [9.17, 15) is 20.0 Å². The molecule has 0 aliphatic heterocycles. The third-order valence-electron chi connectivity index (χ3n) is 2.48. The molecule has 0 radical (unpaired) electrons. The first-order chi connectivity index (χ1) is 8.49. The molecule has 0 spiro atoms. The third-order valence-corrected chi connectivity index (χ3v) is 2.48. The van der Waals surface area contributed by atoms with Crippen LogP contribution >= 0.6 is 0 Å². The zero-order valence-electron chi connectivity index (χ0n) is 10.2. The summed E-state index contributed by atoms with van der Waals surface area (Å²) in [5.41, 5.74) is -0.163. The highest BCUT2D eigenvalue weighted by molar-refractivity contribution is 5.91. The van der Waals surface area contributed by atoms with Gasteiger partial charge < -0.3 is 15.3 Å². The average molecular weight is 253 g/mol. The fraction of sp³-hybridized carbons (Fsp3) is 0.364. The molecule has 1 rings (SSSR count). The molecule has 1 aromatic carbocycles. The number of phenols is 1. The smallest absolute Gasteiger partial charge is 0.321 e. The fourth-order valence-corrected chi connectivity index (χ4v) is 1.44. The zero-order chi connectivity index (χ0) is 13.7. The van der Waals surface area contributed by atoms with Crippen LogP contribution in [0.5, 0.6) is 5.75 Å². The van der Waals surface area contributed by atoms with Crippen molar-refractivity contribution in [3.8, 4) is 5.75 Å². The molecule has 98 valence electrons. The Morgan fingerprint density at radius 3 is 2.56 bits per heavy atom. The minimum Gasteiger partial charge on any atom is -0.506 e. The lowest BCUT2D eigenvalue weighted by Gasteiger charge is -2.19. The first-order valence-electron chi connectivity index (χ1n) is 5.52. The number of nitrogens with one attached hydrogen (secondary N) is 1. The normalized spacial score (nSPS) is 9.89. The second kappa shape index (κ2) is 5.85. The van der Waals surface area contributed by atoms with Crippen molar-refractivity contribution in [2.24, 2.45) is 0 Å². The molecule has 2 N–H and O–H groups in total. The number of rotatable bonds is 4. The van der Waals surface area contributed by atoms with E-state index in [0.717, 1.165) is 6.07 Å². The van der Waals surface area contributed by atoms with Gasteiger partial charge in [-0.2, -0.15) is 0 Å². The highest BCUT2D eigenvalue weighted by Crippen LogP contribution is 2.27. The summed E-state index contributed by atoms with van der Waals surface area (Å²) in [4.78, 5) is 23.2. The van der Waals surface area contributed by atoms with Gasteiger partial charge >= 0.3 is 6.03 Å². The van der Waals surface area contributed by atoms with Crippen LogP contribution in [-0.4, -0.2) is 34.1 Å². The Bertz CT molecular complexity index is 458. The van der Waals surface area contributed by atoms with E-state index in [2.05, 4.69) is 5.32 Å². The maximum absolute atomic E-state index is 11.7. The first-order valence-corrected chi connectivity index (χ1v) is 5.52. The molecule has 7 nitrogen and oxygen atoms in total. The molecule has 0 unspecified atom stereocenters. The second-order valence-electron chi connectivity index (χ2n) is 3.56. The van der Waals surface area contributed by atoms with Crippen LogP contribution in [0.25, 0.3) is 0 Å². The van der Waals surface area contributed by atoms with Gasteiger partial charge in [0.15, 0.2) is 0 Å². The van der Waals surface area contributed by atoms with Gasteiger partial charge in [0.2, 0.25) is 0 Å². The number of carbonyl (C=O) groups is 1. The molecule has 2 amide bonds. The summed E-state index contributed by atoms with van der Waals surface area (Å²) in [6.45, 7) is 4.66. The first kappa shape index (κ1) is 13.8. The predicted molar refractivity (Wildman–Crippen MR) is 66.7 cm³/mol. The molecule has 0 aliphatic rings. The number of hydrogen-bond donors (Lipinski definition) is 2. The van der Waals surface area contributed by atoms with E-state index in [0.29, 0.717) is 13.1 Å². The van der Waals surface area contributed by atoms with Gasteiger partial charge in [-0.1, -0.05) is 0 Å². The summed E-state index contributed by atoms with van der Waals surface area (Å²) < 4.78 is 0. The number of nitro groups is 1. The molecule has 0 atom stereocenters. The van der Waals surface area contributed by atoms with Crippen molar-refractivity contribution in [3.05, 3.63) is 28.3 Å². The number of non-ortho nitro benzene ring substituents is 1. The molecular weight excluding hydrogens is 238 g/mol. The lowest BCUT2D eigenvalue weighted by Crippen LogP contribution is -2.34. The Labute approximate surface area is 104 Å². The van der Waals surface area contributed by atoms with Crippen LogP contribution in [0.4, 0.5) is 16.2 Å². The number of carbonyl (C=O) groups excluding carboxylic acids is 1. The monoisotopic (exact) mass is 253 g/mol. The molecular formula is C11H15N3O4. The van der Waals surface area contributed by atoms with Crippen molar-refractivity contribution in [3.63, 3.8) is 0 Å². The van der Waals surface area contributed by atoms with Crippen molar-refractivity contribution in [1.29, 1.82) is 0 Å². The van der Waals surface area contributed by atoms with Crippen molar-refractivity contribution in [1.82, 2.24) is 4.90 Å². The number of nitro benzene ring substituents is 1. The Hall–Kier alpha value is -2.31. The molecule has 0 heterocycles. The van der Waals surface area contributed by atoms with Crippen LogP contribution in [0.2, 0.25) is 0 Å². The largest absolute Gasteiger partial charge is 0.506 e. The minimum atomic E-state index is -0.591. The van der Waals surface area contributed by atoms with E-state index in [1.807, 2.05) is 13.8 Å². The molecule has 1 aromatic rings. The maximum atomic E-state index is 11.7. The average Bonchev–Trinajstić information content (AvgIpc) is 2.33. The maximum Gasteiger partial charge on any atom is 0.321 e. The van der Waals surface area contributed by atoms with Crippen molar-refractivity contribution in [2.75, 3.05) is 18.4 Å². The van der Waals surface area contributed by atoms with E-state index >= 15 is 0 Å². The molecule has 0 saturated heterocycles. The molecule has 0 aromatic heterocycles. The van der Waals surface area contributed by atoms with Crippen LogP contribution in [-0.2, 0) is 0 Å². The molecule has 0 fully saturated rings. The molecule has 7 heteroatoms. The Kier molecular flexibility index (Phi) is 4.47.